The molecular weight excluding hydrogens is 512 g/mol. The van der Waals surface area contributed by atoms with Gasteiger partial charge in [0.2, 0.25) is 0 Å². The number of carbonyl (C=O) groups is 1. The van der Waals surface area contributed by atoms with E-state index in [4.69, 9.17) is 9.47 Å². The number of ether oxygens (including phenoxy) is 2. The van der Waals surface area contributed by atoms with E-state index in [2.05, 4.69) is 42.6 Å². The second-order valence-corrected chi connectivity index (χ2v) is 12.1. The molecule has 224 valence electrons. The number of aliphatic hydroxyl groups excluding tert-OH is 2. The minimum atomic E-state index is -1.31. The number of carbonyl (C=O) groups excluding carboxylic acids is 1. The normalized spacial score (nSPS) is 23.1. The number of nitrogens with zero attached hydrogens (tertiary/aromatic N) is 3. The molecule has 1 saturated heterocycles. The van der Waals surface area contributed by atoms with E-state index in [0.717, 1.165) is 36.7 Å². The van der Waals surface area contributed by atoms with Crippen LogP contribution in [-0.2, 0) is 14.3 Å². The molecule has 6 atom stereocenters. The summed E-state index contributed by atoms with van der Waals surface area (Å²) in [5.41, 5.74) is 0.844. The zero-order valence-electron chi connectivity index (χ0n) is 24.7. The molecule has 0 aliphatic carbocycles. The number of fused-ring (bicyclic) bond motifs is 1. The van der Waals surface area contributed by atoms with Gasteiger partial charge in [-0.2, -0.15) is 0 Å². The number of hydrogen-bond donors (Lipinski definition) is 3. The number of rotatable bonds is 16. The van der Waals surface area contributed by atoms with E-state index >= 15 is 0 Å². The van der Waals surface area contributed by atoms with Crippen LogP contribution in [0.15, 0.2) is 29.1 Å². The van der Waals surface area contributed by atoms with Crippen LogP contribution in [0.5, 0.6) is 0 Å². The Balaban J connectivity index is 1.35. The predicted octanol–water partition coefficient (Wildman–Crippen LogP) is 4.67. The molecule has 3 heterocycles. The molecule has 0 unspecified atom stereocenters. The Kier molecular flexibility index (Phi) is 12.3. The molecule has 1 aliphatic rings. The first-order chi connectivity index (χ1) is 19.1. The average molecular weight is 561 g/mol. The van der Waals surface area contributed by atoms with Crippen LogP contribution in [0.4, 0.5) is 0 Å². The van der Waals surface area contributed by atoms with Crippen LogP contribution in [0.3, 0.4) is 0 Å². The van der Waals surface area contributed by atoms with E-state index in [-0.39, 0.29) is 17.8 Å². The highest BCUT2D eigenvalue weighted by molar-refractivity contribution is 5.82. The van der Waals surface area contributed by atoms with Gasteiger partial charge in [0.05, 0.1) is 12.7 Å². The van der Waals surface area contributed by atoms with E-state index in [1.165, 1.54) is 61.8 Å². The molecule has 0 bridgehead atoms. The lowest BCUT2D eigenvalue weighted by atomic mass is 9.91. The molecule has 0 aromatic carbocycles. The highest BCUT2D eigenvalue weighted by Gasteiger charge is 2.44. The molecule has 0 saturated carbocycles. The summed E-state index contributed by atoms with van der Waals surface area (Å²) in [6, 6.07) is 0. The Hall–Kier alpha value is -2.56. The van der Waals surface area contributed by atoms with Crippen molar-refractivity contribution in [3.05, 3.63) is 34.7 Å². The molecular formula is C30H48N4O6. The molecule has 3 N–H and O–H groups in total. The molecule has 40 heavy (non-hydrogen) atoms. The average Bonchev–Trinajstić information content (AvgIpc) is 3.44. The summed E-state index contributed by atoms with van der Waals surface area (Å²) in [5, 5.41) is 21.0. The first-order valence-electron chi connectivity index (χ1n) is 14.8. The number of aliphatic hydroxyl groups is 2. The van der Waals surface area contributed by atoms with Gasteiger partial charge in [-0.15, -0.1) is 0 Å². The lowest BCUT2D eigenvalue weighted by Crippen LogP contribution is -2.34. The van der Waals surface area contributed by atoms with E-state index in [0.29, 0.717) is 5.92 Å². The number of imidazole rings is 1. The number of nitrogens with one attached hydrogen (secondary N) is 1. The predicted molar refractivity (Wildman–Crippen MR) is 154 cm³/mol. The summed E-state index contributed by atoms with van der Waals surface area (Å²) in [6.07, 6.45) is 10.3. The molecule has 10 heteroatoms. The number of esters is 1. The Morgan fingerprint density at radius 3 is 2.38 bits per heavy atom. The summed E-state index contributed by atoms with van der Waals surface area (Å²) in [5.74, 6) is 1.77. The van der Waals surface area contributed by atoms with E-state index in [1.54, 1.807) is 0 Å². The molecule has 2 aromatic rings. The van der Waals surface area contributed by atoms with Crippen molar-refractivity contribution in [2.24, 2.45) is 17.8 Å². The quantitative estimate of drug-likeness (QED) is 0.199. The minimum absolute atomic E-state index is 0.0970. The third kappa shape index (κ3) is 9.24. The second-order valence-electron chi connectivity index (χ2n) is 12.1. The van der Waals surface area contributed by atoms with Crippen molar-refractivity contribution >= 4 is 17.1 Å². The fourth-order valence-electron chi connectivity index (χ4n) is 5.33. The van der Waals surface area contributed by atoms with Gasteiger partial charge in [-0.25, -0.2) is 14.8 Å². The van der Waals surface area contributed by atoms with E-state index in [9.17, 15) is 19.8 Å². The van der Waals surface area contributed by atoms with Crippen LogP contribution < -0.4 is 5.56 Å². The molecule has 0 spiro atoms. The van der Waals surface area contributed by atoms with Gasteiger partial charge < -0.3 is 24.7 Å². The lowest BCUT2D eigenvalue weighted by molar-refractivity contribution is -0.144. The summed E-state index contributed by atoms with van der Waals surface area (Å²) >= 11 is 0. The van der Waals surface area contributed by atoms with Crippen molar-refractivity contribution < 1.29 is 24.5 Å². The summed E-state index contributed by atoms with van der Waals surface area (Å²) in [7, 11) is 0. The molecule has 1 aliphatic heterocycles. The Labute approximate surface area is 237 Å². The molecule has 10 nitrogen and oxygen atoms in total. The molecule has 0 amide bonds. The first-order valence-corrected chi connectivity index (χ1v) is 14.8. The third-order valence-corrected chi connectivity index (χ3v) is 7.87. The monoisotopic (exact) mass is 560 g/mol. The molecule has 0 radical (unpaired) electrons. The fourth-order valence-corrected chi connectivity index (χ4v) is 5.33. The Morgan fingerprint density at radius 2 is 1.70 bits per heavy atom. The molecule has 1 fully saturated rings. The van der Waals surface area contributed by atoms with Crippen molar-refractivity contribution in [2.75, 3.05) is 6.61 Å². The maximum atomic E-state index is 12.4. The zero-order valence-corrected chi connectivity index (χ0v) is 24.7. The van der Waals surface area contributed by atoms with Crippen LogP contribution in [0.25, 0.3) is 11.2 Å². The largest absolute Gasteiger partial charge is 0.460 e. The van der Waals surface area contributed by atoms with Crippen LogP contribution in [-0.4, -0.2) is 60.6 Å². The van der Waals surface area contributed by atoms with Crippen molar-refractivity contribution in [2.45, 2.75) is 117 Å². The SMILES string of the molecule is C/C(=C\C(=O)OC[C@H]1O[C@@H](n2cnc3c(=O)[nH]cnc32)[C@H](O)[C@@H]1O)CCC[C@H](C)CCC[C@H](C)CCCC(C)C. The van der Waals surface area contributed by atoms with Gasteiger partial charge in [-0.05, 0) is 37.5 Å². The smallest absolute Gasteiger partial charge is 0.330 e. The minimum Gasteiger partial charge on any atom is -0.460 e. The van der Waals surface area contributed by atoms with Gasteiger partial charge >= 0.3 is 5.97 Å². The first kappa shape index (κ1) is 32.0. The maximum Gasteiger partial charge on any atom is 0.330 e. The number of hydrogen-bond acceptors (Lipinski definition) is 8. The lowest BCUT2D eigenvalue weighted by Gasteiger charge is -2.16. The third-order valence-electron chi connectivity index (χ3n) is 7.87. The molecule has 2 aromatic heterocycles. The summed E-state index contributed by atoms with van der Waals surface area (Å²) < 4.78 is 12.5. The van der Waals surface area contributed by atoms with Crippen molar-refractivity contribution in [1.82, 2.24) is 19.5 Å². The van der Waals surface area contributed by atoms with Gasteiger partial charge in [0, 0.05) is 6.08 Å². The Morgan fingerprint density at radius 1 is 1.05 bits per heavy atom. The maximum absolute atomic E-state index is 12.4. The zero-order chi connectivity index (χ0) is 29.2. The van der Waals surface area contributed by atoms with E-state index < -0.39 is 36.1 Å². The standard InChI is InChI=1S/C30H48N4O6/c1-19(2)9-6-10-20(3)11-7-12-21(4)13-8-14-22(5)15-24(35)39-16-23-26(36)27(37)30(40-23)34-18-33-25-28(34)31-17-32-29(25)38/h15,17-21,23,26-27,30,36-37H,6-14,16H2,1-5H3,(H,31,32,38)/b22-15+/t20-,21-,23-,26-,27-,30-/m1/s1. The Bertz CT molecular complexity index is 1160. The number of aromatic amines is 1. The topological polar surface area (TPSA) is 140 Å². The van der Waals surface area contributed by atoms with Crippen LogP contribution in [0.1, 0.15) is 98.6 Å². The highest BCUT2D eigenvalue weighted by atomic mass is 16.6. The van der Waals surface area contributed by atoms with Gasteiger partial charge in [0.25, 0.3) is 5.56 Å². The van der Waals surface area contributed by atoms with Crippen LogP contribution in [0, 0.1) is 17.8 Å². The van der Waals surface area contributed by atoms with Gasteiger partial charge in [-0.1, -0.05) is 78.2 Å². The number of H-pyrrole nitrogens is 1. The summed E-state index contributed by atoms with van der Waals surface area (Å²) in [6.45, 7) is 11.0. The van der Waals surface area contributed by atoms with E-state index in [1.807, 2.05) is 6.92 Å². The highest BCUT2D eigenvalue weighted by Crippen LogP contribution is 2.31. The summed E-state index contributed by atoms with van der Waals surface area (Å²) in [4.78, 5) is 34.8. The molecule has 3 rings (SSSR count). The van der Waals surface area contributed by atoms with Gasteiger partial charge in [-0.3, -0.25) is 9.36 Å². The van der Waals surface area contributed by atoms with Crippen molar-refractivity contribution in [1.29, 1.82) is 0 Å². The van der Waals surface area contributed by atoms with Crippen molar-refractivity contribution in [3.8, 4) is 0 Å². The van der Waals surface area contributed by atoms with Gasteiger partial charge in [0.15, 0.2) is 17.4 Å². The fraction of sp³-hybridized carbons (Fsp3) is 0.733. The number of aromatic nitrogens is 4. The van der Waals surface area contributed by atoms with Gasteiger partial charge in [0.1, 0.15) is 24.9 Å². The number of allylic oxidation sites excluding steroid dienone is 1. The van der Waals surface area contributed by atoms with Crippen LogP contribution >= 0.6 is 0 Å². The van der Waals surface area contributed by atoms with Crippen LogP contribution in [0.2, 0.25) is 0 Å². The second kappa shape index (κ2) is 15.4. The van der Waals surface area contributed by atoms with Crippen molar-refractivity contribution in [3.63, 3.8) is 0 Å².